The summed E-state index contributed by atoms with van der Waals surface area (Å²) in [6.07, 6.45) is -1.06. The lowest BCUT2D eigenvalue weighted by atomic mass is 10.2. The number of hydrogen-bond acceptors (Lipinski definition) is 2. The van der Waals surface area contributed by atoms with Gasteiger partial charge in [0.25, 0.3) is 12.3 Å². The van der Waals surface area contributed by atoms with Gasteiger partial charge in [-0.1, -0.05) is 0 Å². The van der Waals surface area contributed by atoms with Crippen LogP contribution in [0.2, 0.25) is 0 Å². The molecule has 0 aliphatic heterocycles. The van der Waals surface area contributed by atoms with Gasteiger partial charge in [-0.3, -0.25) is 4.79 Å². The number of aryl methyl sites for hydroxylation is 1. The number of pyridine rings is 1. The minimum absolute atomic E-state index is 0.265. The molecule has 0 atom stereocenters. The molecular weight excluding hydrogens is 242 g/mol. The van der Waals surface area contributed by atoms with Crippen molar-refractivity contribution in [2.24, 2.45) is 5.73 Å². The summed E-state index contributed by atoms with van der Waals surface area (Å²) < 4.78 is 30.5. The molecule has 0 aromatic carbocycles. The van der Waals surface area contributed by atoms with Crippen LogP contribution in [0.3, 0.4) is 0 Å². The number of primary amides is 1. The van der Waals surface area contributed by atoms with Gasteiger partial charge < -0.3 is 14.9 Å². The highest BCUT2D eigenvalue weighted by atomic mass is 19.3. The molecule has 4 nitrogen and oxygen atoms in total. The van der Waals surface area contributed by atoms with Gasteiger partial charge in [0.15, 0.2) is 0 Å². The number of ether oxygens (including phenoxy) is 1. The molecule has 0 aliphatic rings. The number of rotatable bonds is 4. The summed E-state index contributed by atoms with van der Waals surface area (Å²) in [5, 5.41) is 0. The van der Waals surface area contributed by atoms with E-state index in [9.17, 15) is 13.6 Å². The number of aromatic nitrogens is 1. The fourth-order valence-electron chi connectivity index (χ4n) is 1.84. The third kappa shape index (κ3) is 2.27. The number of carbonyl (C=O) groups excluding carboxylic acids is 1. The van der Waals surface area contributed by atoms with Gasteiger partial charge in [0, 0.05) is 5.52 Å². The molecule has 0 radical (unpaired) electrons. The number of fused-ring (bicyclic) bond motifs is 1. The highest BCUT2D eigenvalue weighted by molar-refractivity contribution is 5.94. The zero-order chi connectivity index (χ0) is 13.3. The summed E-state index contributed by atoms with van der Waals surface area (Å²) in [5.41, 5.74) is 7.09. The first kappa shape index (κ1) is 12.3. The molecule has 0 saturated heterocycles. The van der Waals surface area contributed by atoms with Crippen LogP contribution in [0.4, 0.5) is 8.78 Å². The minimum atomic E-state index is -2.54. The smallest absolute Gasteiger partial charge is 0.272 e. The minimum Gasteiger partial charge on any atom is -0.486 e. The van der Waals surface area contributed by atoms with Gasteiger partial charge in [0.1, 0.15) is 18.1 Å². The maximum atomic E-state index is 12.0. The molecule has 96 valence electrons. The molecule has 0 saturated carbocycles. The SMILES string of the molecule is Cc1cc2ccc(OCC(F)F)cn2c1C(N)=O. The van der Waals surface area contributed by atoms with Gasteiger partial charge in [0.2, 0.25) is 0 Å². The molecule has 6 heteroatoms. The van der Waals surface area contributed by atoms with E-state index in [1.165, 1.54) is 6.20 Å². The van der Waals surface area contributed by atoms with Gasteiger partial charge in [-0.15, -0.1) is 0 Å². The van der Waals surface area contributed by atoms with Crippen molar-refractivity contribution in [2.75, 3.05) is 6.61 Å². The number of alkyl halides is 2. The van der Waals surface area contributed by atoms with E-state index in [2.05, 4.69) is 0 Å². The molecule has 18 heavy (non-hydrogen) atoms. The molecule has 2 heterocycles. The highest BCUT2D eigenvalue weighted by Gasteiger charge is 2.13. The van der Waals surface area contributed by atoms with Crippen LogP contribution in [0.5, 0.6) is 5.75 Å². The number of carbonyl (C=O) groups is 1. The molecule has 0 bridgehead atoms. The number of halogens is 2. The van der Waals surface area contributed by atoms with Crippen LogP contribution in [0.15, 0.2) is 24.4 Å². The van der Waals surface area contributed by atoms with Gasteiger partial charge in [-0.25, -0.2) is 8.78 Å². The largest absolute Gasteiger partial charge is 0.486 e. The Labute approximate surface area is 102 Å². The fourth-order valence-corrected chi connectivity index (χ4v) is 1.84. The Bertz CT molecular complexity index is 593. The van der Waals surface area contributed by atoms with Crippen molar-refractivity contribution in [2.45, 2.75) is 13.3 Å². The molecule has 0 unspecified atom stereocenters. The second-order valence-electron chi connectivity index (χ2n) is 3.90. The van der Waals surface area contributed by atoms with Crippen LogP contribution in [-0.4, -0.2) is 23.3 Å². The van der Waals surface area contributed by atoms with E-state index in [1.807, 2.05) is 0 Å². The maximum absolute atomic E-state index is 12.0. The summed E-state index contributed by atoms with van der Waals surface area (Å²) in [6.45, 7) is 1.07. The van der Waals surface area contributed by atoms with Crippen LogP contribution in [0.25, 0.3) is 5.52 Å². The van der Waals surface area contributed by atoms with Crippen molar-refractivity contribution in [1.29, 1.82) is 0 Å². The third-order valence-corrected chi connectivity index (χ3v) is 2.54. The Balaban J connectivity index is 2.42. The molecule has 1 amide bonds. The molecule has 0 fully saturated rings. The van der Waals surface area contributed by atoms with Crippen LogP contribution >= 0.6 is 0 Å². The van der Waals surface area contributed by atoms with Crippen molar-refractivity contribution in [3.05, 3.63) is 35.7 Å². The van der Waals surface area contributed by atoms with Crippen molar-refractivity contribution >= 4 is 11.4 Å². The molecule has 2 aromatic heterocycles. The predicted octanol–water partition coefficient (Wildman–Crippen LogP) is 1.99. The molecule has 2 N–H and O–H groups in total. The van der Waals surface area contributed by atoms with E-state index in [0.717, 1.165) is 11.1 Å². The lowest BCUT2D eigenvalue weighted by Gasteiger charge is -2.07. The second-order valence-corrected chi connectivity index (χ2v) is 3.90. The summed E-state index contributed by atoms with van der Waals surface area (Å²) in [4.78, 5) is 11.3. The van der Waals surface area contributed by atoms with Gasteiger partial charge in [0.05, 0.1) is 6.20 Å². The Kier molecular flexibility index (Phi) is 3.18. The van der Waals surface area contributed by atoms with E-state index < -0.39 is 18.9 Å². The normalized spacial score (nSPS) is 11.1. The van der Waals surface area contributed by atoms with Gasteiger partial charge >= 0.3 is 0 Å². The molecule has 2 aromatic rings. The lowest BCUT2D eigenvalue weighted by molar-refractivity contribution is 0.0816. The van der Waals surface area contributed by atoms with E-state index >= 15 is 0 Å². The van der Waals surface area contributed by atoms with Gasteiger partial charge in [-0.05, 0) is 30.7 Å². The lowest BCUT2D eigenvalue weighted by Crippen LogP contribution is -2.15. The average Bonchev–Trinajstić information content (AvgIpc) is 2.61. The van der Waals surface area contributed by atoms with Crippen LogP contribution < -0.4 is 10.5 Å². The van der Waals surface area contributed by atoms with Gasteiger partial charge in [-0.2, -0.15) is 0 Å². The first-order valence-corrected chi connectivity index (χ1v) is 5.31. The standard InChI is InChI=1S/C12H12F2N2O2/c1-7-4-8-2-3-9(18-6-10(13)14)5-16(8)11(7)12(15)17/h2-5,10H,6H2,1H3,(H2,15,17). The summed E-state index contributed by atoms with van der Waals surface area (Å²) in [5.74, 6) is -0.306. The summed E-state index contributed by atoms with van der Waals surface area (Å²) in [6, 6.07) is 5.04. The predicted molar refractivity (Wildman–Crippen MR) is 62.2 cm³/mol. The van der Waals surface area contributed by atoms with E-state index in [1.54, 1.807) is 29.5 Å². The molecule has 2 rings (SSSR count). The van der Waals surface area contributed by atoms with Crippen molar-refractivity contribution in [3.63, 3.8) is 0 Å². The van der Waals surface area contributed by atoms with Crippen molar-refractivity contribution in [1.82, 2.24) is 4.40 Å². The maximum Gasteiger partial charge on any atom is 0.272 e. The Morgan fingerprint density at radius 1 is 1.50 bits per heavy atom. The summed E-state index contributed by atoms with van der Waals surface area (Å²) in [7, 11) is 0. The third-order valence-electron chi connectivity index (χ3n) is 2.54. The fraction of sp³-hybridized carbons (Fsp3) is 0.250. The molecule has 0 aliphatic carbocycles. The topological polar surface area (TPSA) is 56.7 Å². The second kappa shape index (κ2) is 4.64. The molecule has 0 spiro atoms. The van der Waals surface area contributed by atoms with E-state index in [-0.39, 0.29) is 5.75 Å². The van der Waals surface area contributed by atoms with Crippen LogP contribution in [-0.2, 0) is 0 Å². The summed E-state index contributed by atoms with van der Waals surface area (Å²) >= 11 is 0. The zero-order valence-electron chi connectivity index (χ0n) is 9.69. The Morgan fingerprint density at radius 2 is 2.22 bits per heavy atom. The zero-order valence-corrected chi connectivity index (χ0v) is 9.69. The quantitative estimate of drug-likeness (QED) is 0.907. The van der Waals surface area contributed by atoms with Crippen LogP contribution in [0.1, 0.15) is 16.1 Å². The Morgan fingerprint density at radius 3 is 2.83 bits per heavy atom. The first-order valence-electron chi connectivity index (χ1n) is 5.31. The van der Waals surface area contributed by atoms with E-state index in [0.29, 0.717) is 5.69 Å². The number of nitrogens with two attached hydrogens (primary N) is 1. The number of amides is 1. The Hall–Kier alpha value is -2.11. The van der Waals surface area contributed by atoms with E-state index in [4.69, 9.17) is 10.5 Å². The van der Waals surface area contributed by atoms with Crippen LogP contribution in [0, 0.1) is 6.92 Å². The molecular formula is C12H12F2N2O2. The first-order chi connectivity index (χ1) is 8.49. The monoisotopic (exact) mass is 254 g/mol. The van der Waals surface area contributed by atoms with Crippen molar-refractivity contribution in [3.8, 4) is 5.75 Å². The highest BCUT2D eigenvalue weighted by Crippen LogP contribution is 2.20. The van der Waals surface area contributed by atoms with Crippen molar-refractivity contribution < 1.29 is 18.3 Å². The number of hydrogen-bond donors (Lipinski definition) is 1. The number of nitrogens with zero attached hydrogens (tertiary/aromatic N) is 1. The average molecular weight is 254 g/mol.